The number of hydrogen-bond acceptors (Lipinski definition) is 3. The highest BCUT2D eigenvalue weighted by Crippen LogP contribution is 2.31. The maximum absolute atomic E-state index is 12.5. The van der Waals surface area contributed by atoms with Crippen molar-refractivity contribution >= 4 is 0 Å². The van der Waals surface area contributed by atoms with Gasteiger partial charge in [0.05, 0.1) is 5.56 Å². The topological polar surface area (TPSA) is 54.5 Å². The summed E-state index contributed by atoms with van der Waals surface area (Å²) in [5, 5.41) is 16.6. The molecule has 20 heavy (non-hydrogen) atoms. The van der Waals surface area contributed by atoms with Crippen LogP contribution in [0.5, 0.6) is 0 Å². The number of hydrogen-bond donors (Lipinski definition) is 0. The van der Waals surface area contributed by atoms with Crippen LogP contribution < -0.4 is 0 Å². The molecule has 0 fully saturated rings. The van der Waals surface area contributed by atoms with Crippen molar-refractivity contribution in [1.29, 1.82) is 5.26 Å². The standard InChI is InChI=1S/C13H11F3N4/c1-8(2)20-12(11(7-17)18-19-20)9-3-5-10(6-4-9)13(14,15)16/h3-6,8H,1-2H3. The Morgan fingerprint density at radius 2 is 1.80 bits per heavy atom. The van der Waals surface area contributed by atoms with Gasteiger partial charge in [0.25, 0.3) is 0 Å². The number of nitriles is 1. The molecule has 4 nitrogen and oxygen atoms in total. The zero-order valence-electron chi connectivity index (χ0n) is 10.8. The molecule has 2 aromatic rings. The molecular formula is C13H11F3N4. The second kappa shape index (κ2) is 4.96. The highest BCUT2D eigenvalue weighted by Gasteiger charge is 2.30. The van der Waals surface area contributed by atoms with Crippen LogP contribution in [0.4, 0.5) is 13.2 Å². The molecule has 7 heteroatoms. The van der Waals surface area contributed by atoms with E-state index < -0.39 is 11.7 Å². The summed E-state index contributed by atoms with van der Waals surface area (Å²) in [4.78, 5) is 0. The second-order valence-corrected chi connectivity index (χ2v) is 4.51. The van der Waals surface area contributed by atoms with E-state index in [0.29, 0.717) is 11.3 Å². The lowest BCUT2D eigenvalue weighted by Gasteiger charge is -2.11. The molecule has 0 bridgehead atoms. The average molecular weight is 280 g/mol. The summed E-state index contributed by atoms with van der Waals surface area (Å²) in [6.45, 7) is 3.70. The van der Waals surface area contributed by atoms with E-state index in [4.69, 9.17) is 5.26 Å². The van der Waals surface area contributed by atoms with Gasteiger partial charge in [-0.3, -0.25) is 0 Å². The predicted octanol–water partition coefficient (Wildman–Crippen LogP) is 3.42. The minimum atomic E-state index is -4.38. The Morgan fingerprint density at radius 1 is 1.20 bits per heavy atom. The lowest BCUT2D eigenvalue weighted by Crippen LogP contribution is -2.06. The summed E-state index contributed by atoms with van der Waals surface area (Å²) in [7, 11) is 0. The Hall–Kier alpha value is -2.36. The van der Waals surface area contributed by atoms with Crippen LogP contribution in [0.2, 0.25) is 0 Å². The molecule has 0 saturated heterocycles. The van der Waals surface area contributed by atoms with Crippen LogP contribution >= 0.6 is 0 Å². The molecule has 2 rings (SSSR count). The van der Waals surface area contributed by atoms with E-state index >= 15 is 0 Å². The van der Waals surface area contributed by atoms with Crippen molar-refractivity contribution < 1.29 is 13.2 Å². The summed E-state index contributed by atoms with van der Waals surface area (Å²) in [6, 6.07) is 6.45. The van der Waals surface area contributed by atoms with E-state index in [2.05, 4.69) is 10.3 Å². The number of aromatic nitrogens is 3. The van der Waals surface area contributed by atoms with Gasteiger partial charge < -0.3 is 0 Å². The minimum Gasteiger partial charge on any atom is -0.241 e. The van der Waals surface area contributed by atoms with Crippen molar-refractivity contribution in [3.63, 3.8) is 0 Å². The predicted molar refractivity (Wildman–Crippen MR) is 65.6 cm³/mol. The average Bonchev–Trinajstić information content (AvgIpc) is 2.81. The van der Waals surface area contributed by atoms with Gasteiger partial charge >= 0.3 is 6.18 Å². The SMILES string of the molecule is CC(C)n1nnc(C#N)c1-c1ccc(C(F)(F)F)cc1. The molecule has 0 unspecified atom stereocenters. The highest BCUT2D eigenvalue weighted by molar-refractivity contribution is 5.65. The smallest absolute Gasteiger partial charge is 0.241 e. The van der Waals surface area contributed by atoms with Crippen LogP contribution in [0, 0.1) is 11.3 Å². The van der Waals surface area contributed by atoms with Crippen molar-refractivity contribution in [2.75, 3.05) is 0 Å². The molecule has 1 aromatic heterocycles. The van der Waals surface area contributed by atoms with E-state index in [9.17, 15) is 13.2 Å². The van der Waals surface area contributed by atoms with Crippen LogP contribution in [-0.4, -0.2) is 15.0 Å². The first-order valence-corrected chi connectivity index (χ1v) is 5.87. The molecule has 104 valence electrons. The lowest BCUT2D eigenvalue weighted by molar-refractivity contribution is -0.137. The molecule has 0 aliphatic carbocycles. The normalized spacial score (nSPS) is 11.7. The largest absolute Gasteiger partial charge is 0.416 e. The minimum absolute atomic E-state index is 0.0538. The van der Waals surface area contributed by atoms with Gasteiger partial charge in [0.2, 0.25) is 0 Å². The monoisotopic (exact) mass is 280 g/mol. The molecule has 0 N–H and O–H groups in total. The second-order valence-electron chi connectivity index (χ2n) is 4.51. The van der Waals surface area contributed by atoms with Gasteiger partial charge in [-0.1, -0.05) is 17.3 Å². The summed E-state index contributed by atoms with van der Waals surface area (Å²) >= 11 is 0. The number of benzene rings is 1. The van der Waals surface area contributed by atoms with Gasteiger partial charge in [0.15, 0.2) is 5.69 Å². The zero-order chi connectivity index (χ0) is 14.9. The first-order chi connectivity index (χ1) is 9.34. The third kappa shape index (κ3) is 2.50. The van der Waals surface area contributed by atoms with Gasteiger partial charge in [-0.15, -0.1) is 5.10 Å². The van der Waals surface area contributed by atoms with Crippen molar-refractivity contribution in [3.05, 3.63) is 35.5 Å². The number of rotatable bonds is 2. The van der Waals surface area contributed by atoms with Gasteiger partial charge in [-0.05, 0) is 26.0 Å². The Morgan fingerprint density at radius 3 is 2.25 bits per heavy atom. The Labute approximate surface area is 113 Å². The first-order valence-electron chi connectivity index (χ1n) is 5.87. The molecule has 0 atom stereocenters. The van der Waals surface area contributed by atoms with E-state index in [1.54, 1.807) is 0 Å². The Bertz CT molecular complexity index is 648. The van der Waals surface area contributed by atoms with E-state index in [0.717, 1.165) is 12.1 Å². The van der Waals surface area contributed by atoms with Crippen LogP contribution in [0.3, 0.4) is 0 Å². The van der Waals surface area contributed by atoms with Crippen LogP contribution in [0.15, 0.2) is 24.3 Å². The van der Waals surface area contributed by atoms with Crippen LogP contribution in [0.25, 0.3) is 11.3 Å². The number of halogens is 3. The Balaban J connectivity index is 2.52. The molecule has 0 saturated carbocycles. The first kappa shape index (κ1) is 14.1. The Kier molecular flexibility index (Phi) is 3.49. The summed E-state index contributed by atoms with van der Waals surface area (Å²) in [5.74, 6) is 0. The molecule has 0 radical (unpaired) electrons. The lowest BCUT2D eigenvalue weighted by atomic mass is 10.1. The third-order valence-corrected chi connectivity index (χ3v) is 2.78. The van der Waals surface area contributed by atoms with Crippen LogP contribution in [-0.2, 0) is 6.18 Å². The fourth-order valence-electron chi connectivity index (χ4n) is 1.82. The molecular weight excluding hydrogens is 269 g/mol. The third-order valence-electron chi connectivity index (χ3n) is 2.78. The summed E-state index contributed by atoms with van der Waals surface area (Å²) < 4.78 is 39.1. The quantitative estimate of drug-likeness (QED) is 0.847. The molecule has 0 amide bonds. The molecule has 0 spiro atoms. The van der Waals surface area contributed by atoms with Gasteiger partial charge in [0.1, 0.15) is 11.8 Å². The molecule has 1 heterocycles. The fraction of sp³-hybridized carbons (Fsp3) is 0.308. The van der Waals surface area contributed by atoms with E-state index in [1.807, 2.05) is 19.9 Å². The highest BCUT2D eigenvalue weighted by atomic mass is 19.4. The molecule has 1 aromatic carbocycles. The summed E-state index contributed by atoms with van der Waals surface area (Å²) in [5.41, 5.74) is 0.270. The van der Waals surface area contributed by atoms with Gasteiger partial charge in [0, 0.05) is 11.6 Å². The van der Waals surface area contributed by atoms with Crippen molar-refractivity contribution in [2.24, 2.45) is 0 Å². The van der Waals surface area contributed by atoms with Crippen molar-refractivity contribution in [1.82, 2.24) is 15.0 Å². The van der Waals surface area contributed by atoms with E-state index in [-0.39, 0.29) is 11.7 Å². The maximum atomic E-state index is 12.5. The number of alkyl halides is 3. The summed E-state index contributed by atoms with van der Waals surface area (Å²) in [6.07, 6.45) is -4.38. The van der Waals surface area contributed by atoms with Crippen molar-refractivity contribution in [2.45, 2.75) is 26.1 Å². The van der Waals surface area contributed by atoms with Gasteiger partial charge in [-0.2, -0.15) is 18.4 Å². The number of nitrogens with zero attached hydrogens (tertiary/aromatic N) is 4. The van der Waals surface area contributed by atoms with Gasteiger partial charge in [-0.25, -0.2) is 4.68 Å². The van der Waals surface area contributed by atoms with E-state index in [1.165, 1.54) is 16.8 Å². The van der Waals surface area contributed by atoms with Crippen molar-refractivity contribution in [3.8, 4) is 17.3 Å². The maximum Gasteiger partial charge on any atom is 0.416 e. The molecule has 0 aliphatic heterocycles. The van der Waals surface area contributed by atoms with Crippen LogP contribution in [0.1, 0.15) is 31.1 Å². The fourth-order valence-corrected chi connectivity index (χ4v) is 1.82. The zero-order valence-corrected chi connectivity index (χ0v) is 10.8. The molecule has 0 aliphatic rings.